The van der Waals surface area contributed by atoms with Crippen molar-refractivity contribution in [2.75, 3.05) is 0 Å². The van der Waals surface area contributed by atoms with E-state index >= 15 is 0 Å². The summed E-state index contributed by atoms with van der Waals surface area (Å²) in [6.45, 7) is 0. The highest BCUT2D eigenvalue weighted by molar-refractivity contribution is 6.07. The van der Waals surface area contributed by atoms with Gasteiger partial charge in [-0.2, -0.15) is 0 Å². The van der Waals surface area contributed by atoms with Crippen molar-refractivity contribution in [2.45, 2.75) is 0 Å². The summed E-state index contributed by atoms with van der Waals surface area (Å²) in [7, 11) is 0. The Kier molecular flexibility index (Phi) is 7.10. The minimum Gasteiger partial charge on any atom is -0.456 e. The standard InChI is InChI=1S/C45H29N3O/c1-4-11-30(12-5-1)35-17-10-18-38(27-35)45-47-43(33-15-8-3-9-16-33)46-44(48-45)34-21-19-32(20-22-34)37-24-26-40-39-25-23-36(31-13-6-2-7-14-31)28-41(39)49-42(40)29-37/h1-29H. The van der Waals surface area contributed by atoms with Crippen LogP contribution in [-0.2, 0) is 0 Å². The fraction of sp³-hybridized carbons (Fsp3) is 0. The van der Waals surface area contributed by atoms with Gasteiger partial charge in [-0.1, -0.05) is 146 Å². The summed E-state index contributed by atoms with van der Waals surface area (Å²) < 4.78 is 6.39. The maximum atomic E-state index is 6.39. The van der Waals surface area contributed by atoms with Gasteiger partial charge in [0.25, 0.3) is 0 Å². The molecule has 9 rings (SSSR count). The molecule has 2 heterocycles. The van der Waals surface area contributed by atoms with E-state index in [1.165, 1.54) is 5.56 Å². The van der Waals surface area contributed by atoms with Gasteiger partial charge in [-0.05, 0) is 63.7 Å². The third kappa shape index (κ3) is 5.56. The van der Waals surface area contributed by atoms with E-state index in [0.717, 1.165) is 66.4 Å². The molecular formula is C45H29N3O. The predicted octanol–water partition coefficient (Wildman–Crippen LogP) is 11.8. The molecule has 49 heavy (non-hydrogen) atoms. The van der Waals surface area contributed by atoms with Crippen LogP contribution in [0.3, 0.4) is 0 Å². The van der Waals surface area contributed by atoms with Crippen LogP contribution in [0.25, 0.3) is 89.5 Å². The maximum absolute atomic E-state index is 6.39. The van der Waals surface area contributed by atoms with Gasteiger partial charge in [0.1, 0.15) is 11.2 Å². The van der Waals surface area contributed by atoms with Gasteiger partial charge in [0.05, 0.1) is 0 Å². The fourth-order valence-electron chi connectivity index (χ4n) is 6.40. The first-order valence-corrected chi connectivity index (χ1v) is 16.4. The van der Waals surface area contributed by atoms with Crippen LogP contribution in [0.15, 0.2) is 180 Å². The molecular weight excluding hydrogens is 599 g/mol. The number of rotatable bonds is 6. The molecule has 0 radical (unpaired) electrons. The van der Waals surface area contributed by atoms with Gasteiger partial charge in [0.2, 0.25) is 0 Å². The van der Waals surface area contributed by atoms with E-state index in [-0.39, 0.29) is 0 Å². The maximum Gasteiger partial charge on any atom is 0.164 e. The van der Waals surface area contributed by atoms with E-state index in [9.17, 15) is 0 Å². The average molecular weight is 628 g/mol. The van der Waals surface area contributed by atoms with Gasteiger partial charge in [-0.25, -0.2) is 15.0 Å². The summed E-state index contributed by atoms with van der Waals surface area (Å²) in [5.74, 6) is 1.90. The van der Waals surface area contributed by atoms with Gasteiger partial charge in [0.15, 0.2) is 17.5 Å². The Morgan fingerprint density at radius 1 is 0.265 bits per heavy atom. The Hall–Kier alpha value is -6.65. The minimum absolute atomic E-state index is 0.627. The van der Waals surface area contributed by atoms with Crippen molar-refractivity contribution in [3.8, 4) is 67.5 Å². The monoisotopic (exact) mass is 627 g/mol. The van der Waals surface area contributed by atoms with Crippen molar-refractivity contribution in [3.05, 3.63) is 176 Å². The summed E-state index contributed by atoms with van der Waals surface area (Å²) in [4.78, 5) is 14.9. The number of hydrogen-bond acceptors (Lipinski definition) is 4. The highest BCUT2D eigenvalue weighted by Crippen LogP contribution is 2.35. The SMILES string of the molecule is c1ccc(-c2cccc(-c3nc(-c4ccccc4)nc(-c4ccc(-c5ccc6c(c5)oc5cc(-c7ccccc7)ccc56)cc4)n3)c2)cc1. The molecule has 4 nitrogen and oxygen atoms in total. The molecule has 2 aromatic heterocycles. The third-order valence-electron chi connectivity index (χ3n) is 8.95. The number of fused-ring (bicyclic) bond motifs is 3. The second kappa shape index (κ2) is 12.2. The lowest BCUT2D eigenvalue weighted by molar-refractivity contribution is 0.669. The van der Waals surface area contributed by atoms with Crippen LogP contribution in [-0.4, -0.2) is 15.0 Å². The molecule has 0 aliphatic carbocycles. The van der Waals surface area contributed by atoms with E-state index in [4.69, 9.17) is 19.4 Å². The normalized spacial score (nSPS) is 11.3. The smallest absolute Gasteiger partial charge is 0.164 e. The summed E-state index contributed by atoms with van der Waals surface area (Å²) in [5.41, 5.74) is 11.3. The first kappa shape index (κ1) is 28.6. The highest BCUT2D eigenvalue weighted by atomic mass is 16.3. The molecule has 230 valence electrons. The van der Waals surface area contributed by atoms with E-state index < -0.39 is 0 Å². The lowest BCUT2D eigenvalue weighted by Crippen LogP contribution is -2.00. The average Bonchev–Trinajstić information content (AvgIpc) is 3.56. The van der Waals surface area contributed by atoms with Crippen molar-refractivity contribution in [1.82, 2.24) is 15.0 Å². The first-order chi connectivity index (χ1) is 24.2. The Bertz CT molecular complexity index is 2580. The van der Waals surface area contributed by atoms with E-state index in [1.807, 2.05) is 42.5 Å². The van der Waals surface area contributed by atoms with Gasteiger partial charge < -0.3 is 4.42 Å². The Morgan fingerprint density at radius 3 is 1.14 bits per heavy atom. The molecule has 0 spiro atoms. The number of furan rings is 1. The lowest BCUT2D eigenvalue weighted by atomic mass is 10.0. The van der Waals surface area contributed by atoms with Crippen LogP contribution in [0.1, 0.15) is 0 Å². The molecule has 0 unspecified atom stereocenters. The van der Waals surface area contributed by atoms with Crippen molar-refractivity contribution in [2.24, 2.45) is 0 Å². The van der Waals surface area contributed by atoms with Crippen LogP contribution in [0.4, 0.5) is 0 Å². The Labute approximate surface area is 284 Å². The molecule has 9 aromatic rings. The Balaban J connectivity index is 1.07. The molecule has 0 bridgehead atoms. The van der Waals surface area contributed by atoms with Crippen LogP contribution in [0.2, 0.25) is 0 Å². The van der Waals surface area contributed by atoms with E-state index in [1.54, 1.807) is 0 Å². The largest absolute Gasteiger partial charge is 0.456 e. The molecule has 0 aliphatic heterocycles. The van der Waals surface area contributed by atoms with Gasteiger partial charge in [-0.15, -0.1) is 0 Å². The predicted molar refractivity (Wildman–Crippen MR) is 200 cm³/mol. The lowest BCUT2D eigenvalue weighted by Gasteiger charge is -2.10. The quantitative estimate of drug-likeness (QED) is 0.184. The molecule has 0 fully saturated rings. The zero-order valence-corrected chi connectivity index (χ0v) is 26.5. The van der Waals surface area contributed by atoms with Crippen molar-refractivity contribution in [3.63, 3.8) is 0 Å². The van der Waals surface area contributed by atoms with Gasteiger partial charge in [0, 0.05) is 27.5 Å². The molecule has 0 aliphatic rings. The van der Waals surface area contributed by atoms with Gasteiger partial charge >= 0.3 is 0 Å². The Morgan fingerprint density at radius 2 is 0.612 bits per heavy atom. The number of hydrogen-bond donors (Lipinski definition) is 0. The molecule has 0 saturated carbocycles. The zero-order valence-electron chi connectivity index (χ0n) is 26.5. The van der Waals surface area contributed by atoms with Crippen molar-refractivity contribution < 1.29 is 4.42 Å². The second-order valence-electron chi connectivity index (χ2n) is 12.1. The summed E-state index contributed by atoms with van der Waals surface area (Å²) in [6, 6.07) is 60.5. The molecule has 0 atom stereocenters. The number of benzene rings is 7. The van der Waals surface area contributed by atoms with Crippen molar-refractivity contribution in [1.29, 1.82) is 0 Å². The topological polar surface area (TPSA) is 51.8 Å². The molecule has 0 saturated heterocycles. The third-order valence-corrected chi connectivity index (χ3v) is 8.95. The van der Waals surface area contributed by atoms with Crippen LogP contribution < -0.4 is 0 Å². The second-order valence-corrected chi connectivity index (χ2v) is 12.1. The summed E-state index contributed by atoms with van der Waals surface area (Å²) in [5, 5.41) is 2.23. The van der Waals surface area contributed by atoms with Crippen LogP contribution in [0, 0.1) is 0 Å². The van der Waals surface area contributed by atoms with E-state index in [2.05, 4.69) is 133 Å². The van der Waals surface area contributed by atoms with E-state index in [0.29, 0.717) is 17.5 Å². The van der Waals surface area contributed by atoms with Crippen LogP contribution >= 0.6 is 0 Å². The van der Waals surface area contributed by atoms with Crippen molar-refractivity contribution >= 4 is 21.9 Å². The van der Waals surface area contributed by atoms with Crippen LogP contribution in [0.5, 0.6) is 0 Å². The highest BCUT2D eigenvalue weighted by Gasteiger charge is 2.14. The molecule has 7 aromatic carbocycles. The molecule has 0 amide bonds. The minimum atomic E-state index is 0.627. The first-order valence-electron chi connectivity index (χ1n) is 16.4. The summed E-state index contributed by atoms with van der Waals surface area (Å²) >= 11 is 0. The summed E-state index contributed by atoms with van der Waals surface area (Å²) in [6.07, 6.45) is 0. The fourth-order valence-corrected chi connectivity index (χ4v) is 6.40. The zero-order chi connectivity index (χ0) is 32.6. The van der Waals surface area contributed by atoms with Gasteiger partial charge in [-0.3, -0.25) is 0 Å². The molecule has 0 N–H and O–H groups in total. The number of aromatic nitrogens is 3. The molecule has 4 heteroatoms. The number of nitrogens with zero attached hydrogens (tertiary/aromatic N) is 3.